The van der Waals surface area contributed by atoms with Gasteiger partial charge in [0.2, 0.25) is 0 Å². The first-order valence-corrected chi connectivity index (χ1v) is 17.2. The molecule has 208 valence electrons. The van der Waals surface area contributed by atoms with Crippen LogP contribution in [0.2, 0.25) is 0 Å². The highest BCUT2D eigenvalue weighted by atomic mass is 33.1. The van der Waals surface area contributed by atoms with Gasteiger partial charge in [-0.05, 0) is 63.2 Å². The predicted molar refractivity (Wildman–Crippen MR) is 167 cm³/mol. The fourth-order valence-electron chi connectivity index (χ4n) is 4.32. The fraction of sp³-hybridized carbons (Fsp3) is 0.962. The smallest absolute Gasteiger partial charge is 0.259 e. The van der Waals surface area contributed by atoms with Crippen LogP contribution in [0, 0.1) is 27.6 Å². The molecule has 1 atom stereocenters. The fourth-order valence-corrected chi connectivity index (χ4v) is 10.4. The Morgan fingerprint density at radius 1 is 0.914 bits per heavy atom. The van der Waals surface area contributed by atoms with Gasteiger partial charge in [-0.1, -0.05) is 76.5 Å². The summed E-state index contributed by atoms with van der Waals surface area (Å²) in [7, 11) is 2.51. The molecule has 0 amide bonds. The summed E-state index contributed by atoms with van der Waals surface area (Å²) in [5, 5.41) is 8.91. The van der Waals surface area contributed by atoms with Gasteiger partial charge in [-0.25, -0.2) is 4.67 Å². The molecule has 0 bridgehead atoms. The lowest BCUT2D eigenvalue weighted by molar-refractivity contribution is 0.137. The molecule has 0 rings (SSSR count). The normalized spacial score (nSPS) is 14.7. The average Bonchev–Trinajstić information content (AvgIpc) is 2.65. The highest BCUT2D eigenvalue weighted by Crippen LogP contribution is 2.56. The second kappa shape index (κ2) is 16.3. The van der Waals surface area contributed by atoms with E-state index in [4.69, 9.17) is 39.6 Å². The van der Waals surface area contributed by atoms with Gasteiger partial charge >= 0.3 is 0 Å². The van der Waals surface area contributed by atoms with Gasteiger partial charge < -0.3 is 9.05 Å². The lowest BCUT2D eigenvalue weighted by atomic mass is 9.74. The van der Waals surface area contributed by atoms with Gasteiger partial charge in [0.1, 0.15) is 3.41 Å². The zero-order chi connectivity index (χ0) is 27.5. The van der Waals surface area contributed by atoms with E-state index in [9.17, 15) is 0 Å². The Morgan fingerprint density at radius 2 is 1.46 bits per heavy atom. The van der Waals surface area contributed by atoms with Gasteiger partial charge in [0.05, 0.1) is 25.7 Å². The Labute approximate surface area is 238 Å². The van der Waals surface area contributed by atoms with E-state index >= 15 is 0 Å². The van der Waals surface area contributed by atoms with Gasteiger partial charge in [-0.15, -0.1) is 25.3 Å². The van der Waals surface area contributed by atoms with E-state index in [2.05, 4.69) is 86.9 Å². The summed E-state index contributed by atoms with van der Waals surface area (Å²) in [6.07, 6.45) is 4.70. The Kier molecular flexibility index (Phi) is 16.9. The minimum absolute atomic E-state index is 0.0555. The van der Waals surface area contributed by atoms with Crippen molar-refractivity contribution in [3.63, 3.8) is 0 Å². The highest BCUT2D eigenvalue weighted by molar-refractivity contribution is 8.80. The largest absolute Gasteiger partial charge is 0.322 e. The molecule has 9 heteroatoms. The molecule has 0 N–H and O–H groups in total. The minimum Gasteiger partial charge on any atom is -0.322 e. The summed E-state index contributed by atoms with van der Waals surface area (Å²) in [4.78, 5) is 0. The van der Waals surface area contributed by atoms with Crippen molar-refractivity contribution < 1.29 is 9.05 Å². The Bertz CT molecular complexity index is 629. The maximum Gasteiger partial charge on any atom is 0.259 e. The third-order valence-corrected chi connectivity index (χ3v) is 13.8. The highest BCUT2D eigenvalue weighted by Gasteiger charge is 2.40. The van der Waals surface area contributed by atoms with Crippen LogP contribution in [0.4, 0.5) is 0 Å². The molecule has 0 saturated carbocycles. The van der Waals surface area contributed by atoms with Crippen LogP contribution in [0.15, 0.2) is 0 Å². The molecule has 0 aliphatic carbocycles. The molecule has 4 nitrogen and oxygen atoms in total. The third-order valence-electron chi connectivity index (χ3n) is 5.98. The number of rotatable bonds is 19. The second-order valence-electron chi connectivity index (χ2n) is 12.2. The second-order valence-corrected chi connectivity index (χ2v) is 18.5. The lowest BCUT2D eigenvalue weighted by Gasteiger charge is -2.40. The van der Waals surface area contributed by atoms with Crippen molar-refractivity contribution in [3.8, 4) is 6.07 Å². The van der Waals surface area contributed by atoms with Crippen LogP contribution in [0.3, 0.4) is 0 Å². The van der Waals surface area contributed by atoms with Gasteiger partial charge in [-0.3, -0.25) is 0 Å². The molecule has 0 aromatic carbocycles. The first kappa shape index (κ1) is 36.2. The van der Waals surface area contributed by atoms with Crippen molar-refractivity contribution >= 4 is 55.4 Å². The summed E-state index contributed by atoms with van der Waals surface area (Å²) in [6.45, 7) is 25.9. The maximum atomic E-state index is 8.91. The number of hydrogen-bond donors (Lipinski definition) is 2. The van der Waals surface area contributed by atoms with Crippen LogP contribution < -0.4 is 0 Å². The molecule has 0 radical (unpaired) electrons. The molecule has 0 spiro atoms. The van der Waals surface area contributed by atoms with Gasteiger partial charge in [0.15, 0.2) is 0 Å². The topological polar surface area (TPSA) is 45.5 Å². The Morgan fingerprint density at radius 3 is 1.94 bits per heavy atom. The van der Waals surface area contributed by atoms with Crippen molar-refractivity contribution in [2.75, 3.05) is 19.0 Å². The number of nitrogens with zero attached hydrogens (tertiary/aromatic N) is 2. The van der Waals surface area contributed by atoms with Crippen LogP contribution in [0.25, 0.3) is 0 Å². The van der Waals surface area contributed by atoms with Crippen LogP contribution in [-0.2, 0) is 9.05 Å². The maximum absolute atomic E-state index is 8.91. The number of thiol groups is 2. The molecular weight excluding hydrogens is 532 g/mol. The van der Waals surface area contributed by atoms with Crippen molar-refractivity contribution in [1.82, 2.24) is 4.67 Å². The molecule has 0 heterocycles. The molecule has 0 aliphatic rings. The monoisotopic (exact) mass is 584 g/mol. The van der Waals surface area contributed by atoms with E-state index in [-0.39, 0.29) is 19.7 Å². The SMILES string of the molecule is CCCC(C)(C)C(S)(S)SSCC(C)(C)CC(C)(C)CCOP(OCCC#N)N(C(C)C)C(C)C. The molecule has 0 aromatic rings. The molecule has 0 saturated heterocycles. The molecule has 0 aliphatic heterocycles. The molecule has 35 heavy (non-hydrogen) atoms. The Balaban J connectivity index is 4.91. The van der Waals surface area contributed by atoms with Crippen LogP contribution in [0.5, 0.6) is 0 Å². The van der Waals surface area contributed by atoms with E-state index < -0.39 is 8.53 Å². The van der Waals surface area contributed by atoms with E-state index in [1.807, 2.05) is 10.8 Å². The van der Waals surface area contributed by atoms with Gasteiger partial charge in [0, 0.05) is 17.8 Å². The van der Waals surface area contributed by atoms with Crippen LogP contribution in [0.1, 0.15) is 108 Å². The molecule has 0 aromatic heterocycles. The first-order valence-electron chi connectivity index (χ1n) is 12.9. The zero-order valence-corrected chi connectivity index (χ0v) is 28.5. The van der Waals surface area contributed by atoms with Crippen LogP contribution >= 0.6 is 55.4 Å². The van der Waals surface area contributed by atoms with E-state index in [0.29, 0.717) is 31.7 Å². The lowest BCUT2D eigenvalue weighted by Crippen LogP contribution is -2.34. The van der Waals surface area contributed by atoms with Crippen LogP contribution in [-0.4, -0.2) is 39.1 Å². The minimum atomic E-state index is -1.18. The summed E-state index contributed by atoms with van der Waals surface area (Å²) in [6, 6.07) is 2.80. The van der Waals surface area contributed by atoms with Crippen molar-refractivity contribution in [2.45, 2.75) is 124 Å². The van der Waals surface area contributed by atoms with Gasteiger partial charge in [-0.2, -0.15) is 5.26 Å². The summed E-state index contributed by atoms with van der Waals surface area (Å²) in [5.74, 6) is 1.05. The summed E-state index contributed by atoms with van der Waals surface area (Å²) >= 11 is 9.83. The summed E-state index contributed by atoms with van der Waals surface area (Å²) in [5.41, 5.74) is 0.382. The van der Waals surface area contributed by atoms with Gasteiger partial charge in [0.25, 0.3) is 8.53 Å². The average molecular weight is 585 g/mol. The van der Waals surface area contributed by atoms with E-state index in [0.717, 1.165) is 31.4 Å². The number of hydrogen-bond acceptors (Lipinski definition) is 8. The Hall–Kier alpha value is 1.20. The first-order chi connectivity index (χ1) is 15.9. The molecule has 0 fully saturated rings. The molecular formula is C26H53N2O2PS4. The number of nitriles is 1. The third kappa shape index (κ3) is 14.2. The van der Waals surface area contributed by atoms with Crippen molar-refractivity contribution in [1.29, 1.82) is 5.26 Å². The molecule has 1 unspecified atom stereocenters. The van der Waals surface area contributed by atoms with E-state index in [1.54, 1.807) is 10.8 Å². The zero-order valence-electron chi connectivity index (χ0n) is 24.2. The van der Waals surface area contributed by atoms with Crippen molar-refractivity contribution in [3.05, 3.63) is 0 Å². The van der Waals surface area contributed by atoms with Crippen molar-refractivity contribution in [2.24, 2.45) is 16.2 Å². The van der Waals surface area contributed by atoms with E-state index in [1.165, 1.54) is 0 Å². The standard InChI is InChI=1S/C26H53N2O2PS4/c1-12-14-25(10,11)26(32,33)35-34-20-24(8,9)19-23(6,7)15-18-30-31(29-17-13-16-27)28(21(2)3)22(4)5/h21-22,32-33H,12-15,17-20H2,1-11H3. The predicted octanol–water partition coefficient (Wildman–Crippen LogP) is 9.83. The quantitative estimate of drug-likeness (QED) is 0.0518. The summed E-state index contributed by atoms with van der Waals surface area (Å²) < 4.78 is 14.3.